The number of nitrogens with one attached hydrogen (secondary N) is 4. The number of fused-ring (bicyclic) bond motifs is 3. The van der Waals surface area contributed by atoms with E-state index >= 15 is 0 Å². The Balaban J connectivity index is 1.08. The van der Waals surface area contributed by atoms with Gasteiger partial charge in [-0.2, -0.15) is 0 Å². The number of hydrogen-bond donors (Lipinski definition) is 5. The first-order valence-corrected chi connectivity index (χ1v) is 26.0. The van der Waals surface area contributed by atoms with Gasteiger partial charge in [0.1, 0.15) is 30.3 Å². The number of H-pyrrole nitrogens is 2. The van der Waals surface area contributed by atoms with Gasteiger partial charge in [-0.1, -0.05) is 77.2 Å². The largest absolute Gasteiger partial charge is 0.453 e. The van der Waals surface area contributed by atoms with Gasteiger partial charge in [0.25, 0.3) is 0 Å². The molecule has 2 fully saturated rings. The van der Waals surface area contributed by atoms with Gasteiger partial charge >= 0.3 is 6.09 Å². The number of benzene rings is 3. The molecule has 2 aliphatic rings. The highest BCUT2D eigenvalue weighted by Gasteiger charge is 2.46. The number of alkyl carbamates (subject to hydrolysis) is 1. The van der Waals surface area contributed by atoms with Crippen molar-refractivity contribution in [3.8, 4) is 32.8 Å². The fourth-order valence-corrected chi connectivity index (χ4v) is 12.9. The number of ether oxygens (including phenoxy) is 1. The van der Waals surface area contributed by atoms with Crippen LogP contribution in [0, 0.1) is 11.8 Å². The third-order valence-electron chi connectivity index (χ3n) is 12.5. The summed E-state index contributed by atoms with van der Waals surface area (Å²) in [5.74, 6) is 0.305. The van der Waals surface area contributed by atoms with E-state index in [0.29, 0.717) is 12.7 Å². The van der Waals surface area contributed by atoms with Gasteiger partial charge in [0.2, 0.25) is 17.7 Å². The highest BCUT2D eigenvalue weighted by Crippen LogP contribution is 2.42. The summed E-state index contributed by atoms with van der Waals surface area (Å²) >= 11 is 1.67. The van der Waals surface area contributed by atoms with Gasteiger partial charge in [-0.15, -0.1) is 11.3 Å². The summed E-state index contributed by atoms with van der Waals surface area (Å²) in [6.07, 6.45) is 3.48. The van der Waals surface area contributed by atoms with Crippen LogP contribution in [0.1, 0.15) is 64.3 Å². The predicted molar refractivity (Wildman–Crippen MR) is 248 cm³/mol. The molecule has 4 amide bonds. The first-order valence-electron chi connectivity index (χ1n) is 21.7. The number of carbonyl (C=O) groups excluding carboxylic acids is 4. The lowest BCUT2D eigenvalue weighted by Crippen LogP contribution is -2.52. The Hall–Kier alpha value is -5.84. The van der Waals surface area contributed by atoms with Crippen LogP contribution in [0.25, 0.3) is 54.6 Å². The smallest absolute Gasteiger partial charge is 0.407 e. The molecule has 3 aromatic carbocycles. The van der Waals surface area contributed by atoms with Crippen LogP contribution in [0.2, 0.25) is 19.1 Å². The molecule has 4 atom stereocenters. The number of imidazole rings is 2. The van der Waals surface area contributed by atoms with Gasteiger partial charge in [0, 0.05) is 34.1 Å². The monoisotopic (exact) mass is 888 g/mol. The third-order valence-corrected chi connectivity index (χ3v) is 16.1. The Morgan fingerprint density at radius 2 is 1.62 bits per heavy atom. The standard InChI is InChI=1S/C47H56N8O6SSi/c1-26(2)40(51-39(57)23-56)45(58)54-18-8-10-36(54)44-49-34-17-14-30-20-28(12-15-31(30)42(34)52-44)29-13-16-32(33(21-29)38-11-9-19-62-38)35-22-48-43(50-35)37-24-63(6,7)25-55(37)46(59)41(27(3)4)53-47(60)61-5/h9,11-17,19-22,26-27,36-37,40-41,56H,8,10,18,23-25H2,1-7H3,(H,48,50)(H,49,52)(H,51,57)(H,53,60)/t36-,37-,40-,41-/m0/s1. The van der Waals surface area contributed by atoms with Gasteiger partial charge in [-0.3, -0.25) is 14.4 Å². The molecular formula is C47H56N8O6SSi. The zero-order valence-electron chi connectivity index (χ0n) is 36.8. The Kier molecular flexibility index (Phi) is 12.3. The predicted octanol–water partition coefficient (Wildman–Crippen LogP) is 7.81. The molecule has 8 rings (SSSR count). The minimum Gasteiger partial charge on any atom is -0.453 e. The average Bonchev–Trinajstić information content (AvgIpc) is 4.13. The van der Waals surface area contributed by atoms with Crippen LogP contribution >= 0.6 is 11.3 Å². The summed E-state index contributed by atoms with van der Waals surface area (Å²) in [4.78, 5) is 74.1. The Morgan fingerprint density at radius 3 is 2.33 bits per heavy atom. The van der Waals surface area contributed by atoms with E-state index < -0.39 is 38.8 Å². The average molecular weight is 889 g/mol. The van der Waals surface area contributed by atoms with Gasteiger partial charge in [-0.25, -0.2) is 14.8 Å². The molecule has 63 heavy (non-hydrogen) atoms. The molecule has 0 bridgehead atoms. The quantitative estimate of drug-likeness (QED) is 0.0771. The van der Waals surface area contributed by atoms with Gasteiger partial charge in [-0.05, 0) is 76.9 Å². The number of nitrogens with zero attached hydrogens (tertiary/aromatic N) is 4. The number of methoxy groups -OCH3 is 1. The Bertz CT molecular complexity index is 2670. The number of rotatable bonds is 12. The number of hydrogen-bond acceptors (Lipinski definition) is 9. The number of amides is 4. The molecule has 5 N–H and O–H groups in total. The number of aliphatic hydroxyl groups is 1. The van der Waals surface area contributed by atoms with E-state index in [-0.39, 0.29) is 35.7 Å². The number of thiophene rings is 1. The van der Waals surface area contributed by atoms with Crippen molar-refractivity contribution in [2.24, 2.45) is 11.8 Å². The second-order valence-electron chi connectivity index (χ2n) is 18.3. The third kappa shape index (κ3) is 8.76. The van der Waals surface area contributed by atoms with Crippen molar-refractivity contribution in [1.82, 2.24) is 40.4 Å². The molecule has 0 spiro atoms. The minimum atomic E-state index is -1.81. The summed E-state index contributed by atoms with van der Waals surface area (Å²) in [5.41, 5.74) is 6.75. The second kappa shape index (κ2) is 17.7. The van der Waals surface area contributed by atoms with E-state index in [9.17, 15) is 24.3 Å². The molecule has 2 saturated heterocycles. The van der Waals surface area contributed by atoms with Crippen LogP contribution in [-0.2, 0) is 19.1 Å². The van der Waals surface area contributed by atoms with Crippen molar-refractivity contribution in [3.63, 3.8) is 0 Å². The van der Waals surface area contributed by atoms with Crippen LogP contribution in [0.5, 0.6) is 0 Å². The van der Waals surface area contributed by atoms with Crippen molar-refractivity contribution in [2.45, 2.75) is 83.8 Å². The Morgan fingerprint density at radius 1 is 0.889 bits per heavy atom. The molecular weight excluding hydrogens is 833 g/mol. The lowest BCUT2D eigenvalue weighted by atomic mass is 9.95. The molecule has 5 heterocycles. The number of aliphatic hydroxyl groups excluding tert-OH is 1. The molecule has 2 aliphatic heterocycles. The fourth-order valence-electron chi connectivity index (χ4n) is 9.25. The zero-order valence-corrected chi connectivity index (χ0v) is 38.6. The van der Waals surface area contributed by atoms with Crippen molar-refractivity contribution in [1.29, 1.82) is 0 Å². The number of aromatic amines is 2. The van der Waals surface area contributed by atoms with E-state index in [2.05, 4.69) is 93.7 Å². The van der Waals surface area contributed by atoms with Crippen LogP contribution < -0.4 is 10.6 Å². The molecule has 0 aliphatic carbocycles. The van der Waals surface area contributed by atoms with Crippen LogP contribution in [0.15, 0.2) is 72.2 Å². The van der Waals surface area contributed by atoms with Gasteiger partial charge in [0.15, 0.2) is 0 Å². The van der Waals surface area contributed by atoms with E-state index in [1.807, 2.05) is 44.9 Å². The van der Waals surface area contributed by atoms with Crippen molar-refractivity contribution in [3.05, 3.63) is 83.9 Å². The van der Waals surface area contributed by atoms with E-state index in [1.54, 1.807) is 16.2 Å². The first-order chi connectivity index (χ1) is 30.2. The van der Waals surface area contributed by atoms with Crippen LogP contribution in [0.4, 0.5) is 4.79 Å². The van der Waals surface area contributed by atoms with E-state index in [1.165, 1.54) is 7.11 Å². The van der Waals surface area contributed by atoms with Crippen molar-refractivity contribution >= 4 is 65.0 Å². The highest BCUT2D eigenvalue weighted by atomic mass is 32.1. The normalized spacial score (nSPS) is 18.4. The summed E-state index contributed by atoms with van der Waals surface area (Å²) < 4.78 is 4.85. The number of aromatic nitrogens is 4. The maximum absolute atomic E-state index is 14.1. The molecule has 3 aromatic heterocycles. The first kappa shape index (κ1) is 43.8. The molecule has 0 unspecified atom stereocenters. The molecule has 6 aromatic rings. The summed E-state index contributed by atoms with van der Waals surface area (Å²) in [6.45, 7) is 12.1. The summed E-state index contributed by atoms with van der Waals surface area (Å²) in [5, 5.41) is 18.9. The number of carbonyl (C=O) groups is 4. The SMILES string of the molecule is COC(=O)N[C@H](C(=O)N1C[Si](C)(C)C[C@H]1c1ncc(-c2ccc(-c3ccc4c(ccc5[nH]c([C@@H]6CCCN6C(=O)[C@@H](NC(=O)CO)C(C)C)nc54)c3)cc2-c2cccs2)[nH]1)C(C)C. The zero-order chi connectivity index (χ0) is 44.7. The number of likely N-dealkylation sites (tertiary alicyclic amines) is 1. The minimum absolute atomic E-state index is 0.126. The fraction of sp³-hybridized carbons (Fsp3) is 0.404. The summed E-state index contributed by atoms with van der Waals surface area (Å²) in [6, 6.07) is 20.1. The molecule has 0 saturated carbocycles. The van der Waals surface area contributed by atoms with Crippen molar-refractivity contribution in [2.75, 3.05) is 26.4 Å². The second-order valence-corrected chi connectivity index (χ2v) is 24.3. The van der Waals surface area contributed by atoms with E-state index in [0.717, 1.165) is 85.2 Å². The van der Waals surface area contributed by atoms with Crippen molar-refractivity contribution < 1.29 is 29.0 Å². The lowest BCUT2D eigenvalue weighted by molar-refractivity contribution is -0.139. The van der Waals surface area contributed by atoms with Crippen LogP contribution in [0.3, 0.4) is 0 Å². The molecule has 16 heteroatoms. The lowest BCUT2D eigenvalue weighted by Gasteiger charge is -2.30. The summed E-state index contributed by atoms with van der Waals surface area (Å²) in [7, 11) is -0.503. The van der Waals surface area contributed by atoms with Crippen LogP contribution in [-0.4, -0.2) is 105 Å². The van der Waals surface area contributed by atoms with Gasteiger partial charge < -0.3 is 40.2 Å². The van der Waals surface area contributed by atoms with Gasteiger partial charge in [0.05, 0.1) is 50.2 Å². The Labute approximate surface area is 371 Å². The topological polar surface area (TPSA) is 186 Å². The van der Waals surface area contributed by atoms with E-state index in [4.69, 9.17) is 14.7 Å². The molecule has 0 radical (unpaired) electrons. The highest BCUT2D eigenvalue weighted by molar-refractivity contribution is 7.13. The molecule has 14 nitrogen and oxygen atoms in total. The maximum atomic E-state index is 14.1. The maximum Gasteiger partial charge on any atom is 0.407 e. The molecule has 330 valence electrons.